The molecule has 0 aromatic carbocycles. The summed E-state index contributed by atoms with van der Waals surface area (Å²) < 4.78 is 0. The summed E-state index contributed by atoms with van der Waals surface area (Å²) in [5.41, 5.74) is 1.58. The highest BCUT2D eigenvalue weighted by Crippen LogP contribution is 2.11. The highest BCUT2D eigenvalue weighted by Gasteiger charge is 1.96. The first-order valence-electron chi connectivity index (χ1n) is 4.10. The molecular weight excluding hydrogens is 180 g/mol. The lowest BCUT2D eigenvalue weighted by Gasteiger charge is -1.92. The van der Waals surface area contributed by atoms with E-state index in [0.29, 0.717) is 0 Å². The quantitative estimate of drug-likeness (QED) is 0.704. The van der Waals surface area contributed by atoms with Gasteiger partial charge in [-0.15, -0.1) is 0 Å². The number of nitrogens with zero attached hydrogens (tertiary/aromatic N) is 1. The van der Waals surface area contributed by atoms with Crippen molar-refractivity contribution in [1.29, 1.82) is 0 Å². The van der Waals surface area contributed by atoms with Crippen LogP contribution < -0.4 is 0 Å². The molecule has 0 spiro atoms. The van der Waals surface area contributed by atoms with Crippen molar-refractivity contribution in [3.8, 4) is 0 Å². The number of carboxylic acids is 1. The van der Waals surface area contributed by atoms with Crippen molar-refractivity contribution in [2.75, 3.05) is 0 Å². The monoisotopic (exact) mass is 188 g/mol. The Morgan fingerprint density at radius 3 is 3.21 bits per heavy atom. The molecule has 2 heterocycles. The first kappa shape index (κ1) is 8.50. The minimum atomic E-state index is -0.959. The Labute approximate surface area is 79.9 Å². The van der Waals surface area contributed by atoms with Gasteiger partial charge in [-0.3, -0.25) is 0 Å². The number of carbonyl (C=O) groups is 1. The Bertz CT molecular complexity index is 500. The van der Waals surface area contributed by atoms with E-state index in [1.54, 1.807) is 12.4 Å². The molecule has 70 valence electrons. The number of H-pyrrole nitrogens is 1. The van der Waals surface area contributed by atoms with Crippen LogP contribution in [0.25, 0.3) is 17.1 Å². The molecule has 2 aromatic rings. The molecule has 0 aliphatic rings. The first-order valence-corrected chi connectivity index (χ1v) is 4.10. The molecule has 0 bridgehead atoms. The number of nitrogens with one attached hydrogen (secondary N) is 1. The van der Waals surface area contributed by atoms with Crippen molar-refractivity contribution in [3.05, 3.63) is 36.2 Å². The van der Waals surface area contributed by atoms with Gasteiger partial charge in [0.15, 0.2) is 0 Å². The molecule has 4 heteroatoms. The lowest BCUT2D eigenvalue weighted by molar-refractivity contribution is -0.131. The molecule has 0 unspecified atom stereocenters. The zero-order valence-electron chi connectivity index (χ0n) is 7.27. The fourth-order valence-corrected chi connectivity index (χ4v) is 1.22. The van der Waals surface area contributed by atoms with Crippen LogP contribution in [0.1, 0.15) is 5.56 Å². The Balaban J connectivity index is 2.39. The number of pyridine rings is 1. The third-order valence-corrected chi connectivity index (χ3v) is 1.84. The van der Waals surface area contributed by atoms with Gasteiger partial charge in [0.05, 0.1) is 0 Å². The molecule has 0 amide bonds. The number of hydrogen-bond acceptors (Lipinski definition) is 2. The molecular formula is C10H8N2O2. The molecule has 4 nitrogen and oxygen atoms in total. The predicted molar refractivity (Wildman–Crippen MR) is 52.8 cm³/mol. The maximum Gasteiger partial charge on any atom is 0.328 e. The summed E-state index contributed by atoms with van der Waals surface area (Å²) in [6.45, 7) is 0. The molecule has 2 rings (SSSR count). The highest BCUT2D eigenvalue weighted by atomic mass is 16.4. The third kappa shape index (κ3) is 1.64. The largest absolute Gasteiger partial charge is 0.478 e. The topological polar surface area (TPSA) is 66.0 Å². The van der Waals surface area contributed by atoms with Gasteiger partial charge in [-0.05, 0) is 23.8 Å². The second-order valence-corrected chi connectivity index (χ2v) is 2.86. The number of aromatic amines is 1. The summed E-state index contributed by atoms with van der Waals surface area (Å²) in [7, 11) is 0. The molecule has 0 atom stereocenters. The number of carboxylic acid groups (broad SMARTS) is 1. The van der Waals surface area contributed by atoms with Crippen molar-refractivity contribution in [1.82, 2.24) is 9.97 Å². The lowest BCUT2D eigenvalue weighted by atomic mass is 10.2. The average molecular weight is 188 g/mol. The normalized spacial score (nSPS) is 11.1. The predicted octanol–water partition coefficient (Wildman–Crippen LogP) is 1.66. The lowest BCUT2D eigenvalue weighted by Crippen LogP contribution is -1.86. The highest BCUT2D eigenvalue weighted by molar-refractivity contribution is 5.86. The molecule has 0 saturated heterocycles. The fourth-order valence-electron chi connectivity index (χ4n) is 1.22. The van der Waals surface area contributed by atoms with Crippen LogP contribution in [0, 0.1) is 0 Å². The molecule has 2 N–H and O–H groups in total. The SMILES string of the molecule is O=C(O)C=Cc1cnc2[nH]ccc2c1. The van der Waals surface area contributed by atoms with Crippen LogP contribution in [0.2, 0.25) is 0 Å². The minimum absolute atomic E-state index is 0.777. The maximum atomic E-state index is 10.3. The van der Waals surface area contributed by atoms with Crippen LogP contribution in [0.4, 0.5) is 0 Å². The van der Waals surface area contributed by atoms with Crippen molar-refractivity contribution in [2.45, 2.75) is 0 Å². The van der Waals surface area contributed by atoms with Crippen LogP contribution >= 0.6 is 0 Å². The summed E-state index contributed by atoms with van der Waals surface area (Å²) >= 11 is 0. The summed E-state index contributed by atoms with van der Waals surface area (Å²) in [5.74, 6) is -0.959. The Hall–Kier alpha value is -2.10. The maximum absolute atomic E-state index is 10.3. The number of aliphatic carboxylic acids is 1. The minimum Gasteiger partial charge on any atom is -0.478 e. The van der Waals surface area contributed by atoms with Gasteiger partial charge < -0.3 is 10.1 Å². The van der Waals surface area contributed by atoms with Crippen molar-refractivity contribution in [2.24, 2.45) is 0 Å². The van der Waals surface area contributed by atoms with E-state index in [2.05, 4.69) is 9.97 Å². The van der Waals surface area contributed by atoms with E-state index in [4.69, 9.17) is 5.11 Å². The molecule has 2 aromatic heterocycles. The number of rotatable bonds is 2. The van der Waals surface area contributed by atoms with Crippen LogP contribution in [-0.2, 0) is 4.79 Å². The first-order chi connectivity index (χ1) is 6.75. The number of aromatic nitrogens is 2. The second-order valence-electron chi connectivity index (χ2n) is 2.86. The molecule has 14 heavy (non-hydrogen) atoms. The standard InChI is InChI=1S/C10H8N2O2/c13-9(14)2-1-7-5-8-3-4-11-10(8)12-6-7/h1-6H,(H,11,12)(H,13,14). The van der Waals surface area contributed by atoms with E-state index in [9.17, 15) is 4.79 Å². The van der Waals surface area contributed by atoms with Gasteiger partial charge >= 0.3 is 5.97 Å². The van der Waals surface area contributed by atoms with Gasteiger partial charge in [0, 0.05) is 23.9 Å². The van der Waals surface area contributed by atoms with Crippen LogP contribution in [-0.4, -0.2) is 21.0 Å². The Kier molecular flexibility index (Phi) is 2.02. The fraction of sp³-hybridized carbons (Fsp3) is 0. The third-order valence-electron chi connectivity index (χ3n) is 1.84. The zero-order chi connectivity index (χ0) is 9.97. The molecule has 0 aliphatic heterocycles. The van der Waals surface area contributed by atoms with E-state index in [1.807, 2.05) is 12.1 Å². The van der Waals surface area contributed by atoms with Crippen molar-refractivity contribution in [3.63, 3.8) is 0 Å². The zero-order valence-corrected chi connectivity index (χ0v) is 7.27. The van der Waals surface area contributed by atoms with Crippen LogP contribution in [0.5, 0.6) is 0 Å². The van der Waals surface area contributed by atoms with E-state index in [-0.39, 0.29) is 0 Å². The van der Waals surface area contributed by atoms with E-state index in [1.165, 1.54) is 6.08 Å². The summed E-state index contributed by atoms with van der Waals surface area (Å²) in [4.78, 5) is 17.4. The number of hydrogen-bond donors (Lipinski definition) is 2. The summed E-state index contributed by atoms with van der Waals surface area (Å²) in [6, 6.07) is 3.76. The van der Waals surface area contributed by atoms with Gasteiger partial charge in [0.25, 0.3) is 0 Å². The van der Waals surface area contributed by atoms with Gasteiger partial charge in [-0.25, -0.2) is 9.78 Å². The van der Waals surface area contributed by atoms with Crippen molar-refractivity contribution >= 4 is 23.1 Å². The molecule has 0 radical (unpaired) electrons. The summed E-state index contributed by atoms with van der Waals surface area (Å²) in [5, 5.41) is 9.40. The van der Waals surface area contributed by atoms with Gasteiger partial charge in [-0.2, -0.15) is 0 Å². The smallest absolute Gasteiger partial charge is 0.328 e. The summed E-state index contributed by atoms with van der Waals surface area (Å²) in [6.07, 6.45) is 6.03. The second kappa shape index (κ2) is 3.33. The van der Waals surface area contributed by atoms with Crippen LogP contribution in [0.3, 0.4) is 0 Å². The van der Waals surface area contributed by atoms with Crippen LogP contribution in [0.15, 0.2) is 30.6 Å². The Morgan fingerprint density at radius 1 is 1.57 bits per heavy atom. The molecule has 0 saturated carbocycles. The molecule has 0 fully saturated rings. The molecule has 0 aliphatic carbocycles. The Morgan fingerprint density at radius 2 is 2.43 bits per heavy atom. The van der Waals surface area contributed by atoms with E-state index in [0.717, 1.165) is 22.7 Å². The van der Waals surface area contributed by atoms with Crippen molar-refractivity contribution < 1.29 is 9.90 Å². The van der Waals surface area contributed by atoms with Gasteiger partial charge in [-0.1, -0.05) is 0 Å². The van der Waals surface area contributed by atoms with Gasteiger partial charge in [0.1, 0.15) is 5.65 Å². The van der Waals surface area contributed by atoms with Gasteiger partial charge in [0.2, 0.25) is 0 Å². The number of fused-ring (bicyclic) bond motifs is 1. The van der Waals surface area contributed by atoms with E-state index >= 15 is 0 Å². The average Bonchev–Trinajstić information content (AvgIpc) is 2.61. The van der Waals surface area contributed by atoms with E-state index < -0.39 is 5.97 Å².